The molecule has 0 saturated carbocycles. The summed E-state index contributed by atoms with van der Waals surface area (Å²) in [6.07, 6.45) is 5.48. The molecule has 0 bridgehead atoms. The Bertz CT molecular complexity index is 187. The van der Waals surface area contributed by atoms with Crippen molar-refractivity contribution in [2.24, 2.45) is 0 Å². The lowest BCUT2D eigenvalue weighted by Crippen LogP contribution is -2.26. The number of rotatable bonds is 8. The van der Waals surface area contributed by atoms with Crippen molar-refractivity contribution in [3.63, 3.8) is 0 Å². The topological polar surface area (TPSA) is 47.6 Å². The van der Waals surface area contributed by atoms with E-state index in [0.29, 0.717) is 39.4 Å². The van der Waals surface area contributed by atoms with Crippen molar-refractivity contribution in [1.29, 1.82) is 0 Å². The predicted molar refractivity (Wildman–Crippen MR) is 65.1 cm³/mol. The van der Waals surface area contributed by atoms with Crippen LogP contribution in [0.15, 0.2) is 0 Å². The number of ether oxygens (including phenoxy) is 2. The number of nitrogens with one attached hydrogen (secondary N) is 1. The SMILES string of the molecule is C#CCOCCOCCNC(=O)CC.CC. The highest BCUT2D eigenvalue weighted by Gasteiger charge is 1.94. The molecule has 0 aliphatic rings. The van der Waals surface area contributed by atoms with Gasteiger partial charge in [0.1, 0.15) is 6.61 Å². The summed E-state index contributed by atoms with van der Waals surface area (Å²) in [5.41, 5.74) is 0. The van der Waals surface area contributed by atoms with Gasteiger partial charge in [-0.15, -0.1) is 6.42 Å². The molecule has 0 aliphatic heterocycles. The van der Waals surface area contributed by atoms with Gasteiger partial charge in [0.15, 0.2) is 0 Å². The number of amides is 1. The fraction of sp³-hybridized carbons (Fsp3) is 0.750. The standard InChI is InChI=1S/C10H17NO3.C2H6/c1-3-6-13-8-9-14-7-5-11-10(12)4-2;1-2/h1H,4-9H2,2H3,(H,11,12);1-2H3. The van der Waals surface area contributed by atoms with Gasteiger partial charge in [-0.3, -0.25) is 4.79 Å². The Kier molecular flexibility index (Phi) is 17.8. The molecular formula is C12H23NO3. The van der Waals surface area contributed by atoms with E-state index in [1.807, 2.05) is 20.8 Å². The molecule has 94 valence electrons. The first-order chi connectivity index (χ1) is 7.81. The van der Waals surface area contributed by atoms with E-state index in [0.717, 1.165) is 0 Å². The van der Waals surface area contributed by atoms with E-state index in [9.17, 15) is 4.79 Å². The molecule has 0 atom stereocenters. The average Bonchev–Trinajstić information content (AvgIpc) is 2.34. The monoisotopic (exact) mass is 229 g/mol. The smallest absolute Gasteiger partial charge is 0.219 e. The van der Waals surface area contributed by atoms with Crippen molar-refractivity contribution in [2.45, 2.75) is 27.2 Å². The summed E-state index contributed by atoms with van der Waals surface area (Å²) < 4.78 is 10.1. The normalized spacial score (nSPS) is 8.62. The lowest BCUT2D eigenvalue weighted by atomic mass is 10.4. The van der Waals surface area contributed by atoms with Crippen molar-refractivity contribution in [3.8, 4) is 12.3 Å². The highest BCUT2D eigenvalue weighted by Crippen LogP contribution is 1.78. The van der Waals surface area contributed by atoms with Crippen LogP contribution in [0.3, 0.4) is 0 Å². The highest BCUT2D eigenvalue weighted by molar-refractivity contribution is 5.75. The summed E-state index contributed by atoms with van der Waals surface area (Å²) in [5.74, 6) is 2.40. The Morgan fingerprint density at radius 3 is 2.44 bits per heavy atom. The molecule has 0 radical (unpaired) electrons. The molecule has 1 N–H and O–H groups in total. The van der Waals surface area contributed by atoms with Gasteiger partial charge in [0.05, 0.1) is 19.8 Å². The Morgan fingerprint density at radius 1 is 1.25 bits per heavy atom. The van der Waals surface area contributed by atoms with Crippen molar-refractivity contribution in [1.82, 2.24) is 5.32 Å². The minimum atomic E-state index is 0.0391. The number of carbonyl (C=O) groups is 1. The predicted octanol–water partition coefficient (Wildman–Crippen LogP) is 1.21. The zero-order valence-corrected chi connectivity index (χ0v) is 10.5. The third-order valence-corrected chi connectivity index (χ3v) is 1.45. The van der Waals surface area contributed by atoms with E-state index in [2.05, 4.69) is 11.2 Å². The van der Waals surface area contributed by atoms with Crippen LogP contribution in [-0.4, -0.2) is 38.9 Å². The lowest BCUT2D eigenvalue weighted by molar-refractivity contribution is -0.121. The van der Waals surface area contributed by atoms with Gasteiger partial charge in [-0.05, 0) is 0 Å². The van der Waals surface area contributed by atoms with Crippen molar-refractivity contribution < 1.29 is 14.3 Å². The Hall–Kier alpha value is -1.05. The lowest BCUT2D eigenvalue weighted by Gasteiger charge is -2.05. The molecule has 0 aromatic rings. The maximum Gasteiger partial charge on any atom is 0.219 e. The molecule has 0 rings (SSSR count). The molecule has 0 fully saturated rings. The number of hydrogen-bond donors (Lipinski definition) is 1. The van der Waals surface area contributed by atoms with Gasteiger partial charge in [0.25, 0.3) is 0 Å². The zero-order chi connectivity index (χ0) is 12.6. The minimum Gasteiger partial charge on any atom is -0.377 e. The molecule has 0 aromatic heterocycles. The summed E-state index contributed by atoms with van der Waals surface area (Å²) >= 11 is 0. The van der Waals surface area contributed by atoms with E-state index in [4.69, 9.17) is 15.9 Å². The minimum absolute atomic E-state index is 0.0391. The van der Waals surface area contributed by atoms with Crippen LogP contribution in [0.25, 0.3) is 0 Å². The van der Waals surface area contributed by atoms with Crippen LogP contribution in [0.1, 0.15) is 27.2 Å². The van der Waals surface area contributed by atoms with Crippen LogP contribution in [0.2, 0.25) is 0 Å². The first-order valence-corrected chi connectivity index (χ1v) is 5.67. The van der Waals surface area contributed by atoms with Crippen LogP contribution >= 0.6 is 0 Å². The second-order valence-corrected chi connectivity index (χ2v) is 2.57. The number of carbonyl (C=O) groups excluding carboxylic acids is 1. The summed E-state index contributed by atoms with van der Waals surface area (Å²) in [4.78, 5) is 10.8. The molecule has 0 heterocycles. The Labute approximate surface area is 98.7 Å². The quantitative estimate of drug-likeness (QED) is 0.502. The molecular weight excluding hydrogens is 206 g/mol. The summed E-state index contributed by atoms with van der Waals surface area (Å²) in [7, 11) is 0. The van der Waals surface area contributed by atoms with E-state index in [1.165, 1.54) is 0 Å². The van der Waals surface area contributed by atoms with Crippen LogP contribution in [0, 0.1) is 12.3 Å². The number of terminal acetylenes is 1. The molecule has 4 nitrogen and oxygen atoms in total. The van der Waals surface area contributed by atoms with E-state index in [1.54, 1.807) is 0 Å². The van der Waals surface area contributed by atoms with Crippen molar-refractivity contribution >= 4 is 5.91 Å². The largest absolute Gasteiger partial charge is 0.377 e. The van der Waals surface area contributed by atoms with Gasteiger partial charge in [-0.2, -0.15) is 0 Å². The summed E-state index contributed by atoms with van der Waals surface area (Å²) in [6, 6.07) is 0. The van der Waals surface area contributed by atoms with Crippen molar-refractivity contribution in [3.05, 3.63) is 0 Å². The third kappa shape index (κ3) is 15.4. The molecule has 0 unspecified atom stereocenters. The molecule has 16 heavy (non-hydrogen) atoms. The molecule has 1 amide bonds. The van der Waals surface area contributed by atoms with E-state index < -0.39 is 0 Å². The van der Waals surface area contributed by atoms with Crippen molar-refractivity contribution in [2.75, 3.05) is 33.0 Å². The van der Waals surface area contributed by atoms with Gasteiger partial charge in [0.2, 0.25) is 5.91 Å². The second kappa shape index (κ2) is 16.4. The van der Waals surface area contributed by atoms with Crippen LogP contribution in [0.4, 0.5) is 0 Å². The van der Waals surface area contributed by atoms with Gasteiger partial charge < -0.3 is 14.8 Å². The fourth-order valence-corrected chi connectivity index (χ4v) is 0.739. The highest BCUT2D eigenvalue weighted by atomic mass is 16.5. The van der Waals surface area contributed by atoms with Crippen LogP contribution < -0.4 is 5.32 Å². The first-order valence-electron chi connectivity index (χ1n) is 5.67. The first kappa shape index (κ1) is 17.3. The van der Waals surface area contributed by atoms with Gasteiger partial charge >= 0.3 is 0 Å². The second-order valence-electron chi connectivity index (χ2n) is 2.57. The molecule has 0 spiro atoms. The third-order valence-electron chi connectivity index (χ3n) is 1.45. The van der Waals surface area contributed by atoms with E-state index in [-0.39, 0.29) is 5.91 Å². The molecule has 0 aliphatic carbocycles. The zero-order valence-electron chi connectivity index (χ0n) is 10.5. The molecule has 0 saturated heterocycles. The maximum atomic E-state index is 10.8. The van der Waals surface area contributed by atoms with Gasteiger partial charge in [-0.25, -0.2) is 0 Å². The van der Waals surface area contributed by atoms with Crippen LogP contribution in [0.5, 0.6) is 0 Å². The molecule has 4 heteroatoms. The van der Waals surface area contributed by atoms with Gasteiger partial charge in [0, 0.05) is 13.0 Å². The number of hydrogen-bond acceptors (Lipinski definition) is 3. The average molecular weight is 229 g/mol. The maximum absolute atomic E-state index is 10.8. The van der Waals surface area contributed by atoms with E-state index >= 15 is 0 Å². The summed E-state index contributed by atoms with van der Waals surface area (Å²) in [5, 5.41) is 2.70. The Balaban J connectivity index is 0. The Morgan fingerprint density at radius 2 is 1.88 bits per heavy atom. The molecule has 0 aromatic carbocycles. The summed E-state index contributed by atoms with van der Waals surface area (Å²) in [6.45, 7) is 8.17. The van der Waals surface area contributed by atoms with Crippen LogP contribution in [-0.2, 0) is 14.3 Å². The van der Waals surface area contributed by atoms with Gasteiger partial charge in [-0.1, -0.05) is 26.7 Å². The fourth-order valence-electron chi connectivity index (χ4n) is 0.739.